The second-order valence-corrected chi connectivity index (χ2v) is 6.61. The van der Waals surface area contributed by atoms with Gasteiger partial charge in [0.1, 0.15) is 0 Å². The minimum atomic E-state index is -0.316. The van der Waals surface area contributed by atoms with E-state index in [0.29, 0.717) is 24.3 Å². The van der Waals surface area contributed by atoms with Gasteiger partial charge >= 0.3 is 0 Å². The van der Waals surface area contributed by atoms with Gasteiger partial charge in [-0.25, -0.2) is 0 Å². The van der Waals surface area contributed by atoms with Gasteiger partial charge in [-0.05, 0) is 31.9 Å². The maximum absolute atomic E-state index is 12.7. The van der Waals surface area contributed by atoms with Crippen LogP contribution in [0.15, 0.2) is 18.2 Å². The number of methoxy groups -OCH3 is 1. The Kier molecular flexibility index (Phi) is 6.91. The number of benzene rings is 1. The van der Waals surface area contributed by atoms with Crippen molar-refractivity contribution in [1.29, 1.82) is 0 Å². The summed E-state index contributed by atoms with van der Waals surface area (Å²) in [4.78, 5) is 40.7. The lowest BCUT2D eigenvalue weighted by molar-refractivity contribution is -0.134. The lowest BCUT2D eigenvalue weighted by Crippen LogP contribution is -2.43. The first-order chi connectivity index (χ1) is 12.4. The molecule has 142 valence electrons. The Morgan fingerprint density at radius 1 is 1.15 bits per heavy atom. The van der Waals surface area contributed by atoms with E-state index in [2.05, 4.69) is 0 Å². The number of ether oxygens (including phenoxy) is 1. The lowest BCUT2D eigenvalue weighted by atomic mass is 10.1. The summed E-state index contributed by atoms with van der Waals surface area (Å²) in [6.07, 6.45) is 1.85. The van der Waals surface area contributed by atoms with Crippen LogP contribution in [0.1, 0.15) is 59.4 Å². The lowest BCUT2D eigenvalue weighted by Gasteiger charge is -2.31. The number of fused-ring (bicyclic) bond motifs is 1. The number of nitrogens with zero attached hydrogens (tertiary/aromatic N) is 2. The molecular formula is C20H28N2O4. The van der Waals surface area contributed by atoms with Gasteiger partial charge in [0, 0.05) is 32.7 Å². The molecule has 0 saturated heterocycles. The molecular weight excluding hydrogens is 332 g/mol. The molecule has 0 fully saturated rings. The standard InChI is InChI=1S/C20H28N2O4/c1-5-15(6-2)21(11-12-26-4)18(23)9-10-22-19(24)16-8-7-14(3)13-17(16)20(22)25/h7-8,13,15H,5-6,9-12H2,1-4H3. The topological polar surface area (TPSA) is 66.9 Å². The fourth-order valence-electron chi connectivity index (χ4n) is 3.39. The van der Waals surface area contributed by atoms with E-state index in [1.165, 1.54) is 4.90 Å². The van der Waals surface area contributed by atoms with Gasteiger partial charge in [-0.2, -0.15) is 0 Å². The molecule has 1 aliphatic heterocycles. The first kappa shape index (κ1) is 20.1. The van der Waals surface area contributed by atoms with E-state index >= 15 is 0 Å². The molecule has 0 aromatic heterocycles. The molecule has 0 aliphatic carbocycles. The van der Waals surface area contributed by atoms with Gasteiger partial charge in [0.05, 0.1) is 17.7 Å². The van der Waals surface area contributed by atoms with Crippen LogP contribution in [0.5, 0.6) is 0 Å². The van der Waals surface area contributed by atoms with Crippen molar-refractivity contribution in [2.75, 3.05) is 26.8 Å². The Morgan fingerprint density at radius 3 is 2.42 bits per heavy atom. The number of carbonyl (C=O) groups excluding carboxylic acids is 3. The number of amides is 3. The van der Waals surface area contributed by atoms with Crippen molar-refractivity contribution in [1.82, 2.24) is 9.80 Å². The van der Waals surface area contributed by atoms with Crippen LogP contribution in [0, 0.1) is 6.92 Å². The van der Waals surface area contributed by atoms with Gasteiger partial charge in [-0.1, -0.05) is 25.5 Å². The summed E-state index contributed by atoms with van der Waals surface area (Å²) >= 11 is 0. The highest BCUT2D eigenvalue weighted by Gasteiger charge is 2.35. The minimum Gasteiger partial charge on any atom is -0.383 e. The van der Waals surface area contributed by atoms with Crippen molar-refractivity contribution in [3.8, 4) is 0 Å². The number of imide groups is 1. The van der Waals surface area contributed by atoms with Crippen LogP contribution in [-0.2, 0) is 9.53 Å². The highest BCUT2D eigenvalue weighted by Crippen LogP contribution is 2.24. The predicted octanol–water partition coefficient (Wildman–Crippen LogP) is 2.64. The molecule has 6 nitrogen and oxygen atoms in total. The number of carbonyl (C=O) groups is 3. The van der Waals surface area contributed by atoms with Crippen LogP contribution >= 0.6 is 0 Å². The van der Waals surface area contributed by atoms with Crippen LogP contribution in [0.25, 0.3) is 0 Å². The van der Waals surface area contributed by atoms with Crippen molar-refractivity contribution < 1.29 is 19.1 Å². The van der Waals surface area contributed by atoms with Crippen LogP contribution < -0.4 is 0 Å². The summed E-state index contributed by atoms with van der Waals surface area (Å²) in [6.45, 7) is 7.07. The fraction of sp³-hybridized carbons (Fsp3) is 0.550. The van der Waals surface area contributed by atoms with Crippen LogP contribution in [-0.4, -0.2) is 60.4 Å². The number of hydrogen-bond donors (Lipinski definition) is 0. The predicted molar refractivity (Wildman–Crippen MR) is 99.1 cm³/mol. The van der Waals surface area contributed by atoms with Crippen LogP contribution in [0.4, 0.5) is 0 Å². The molecule has 6 heteroatoms. The third kappa shape index (κ3) is 4.12. The Labute approximate surface area is 155 Å². The molecule has 1 heterocycles. The summed E-state index contributed by atoms with van der Waals surface area (Å²) in [6, 6.07) is 5.37. The number of aryl methyl sites for hydroxylation is 1. The average Bonchev–Trinajstić information content (AvgIpc) is 2.86. The van der Waals surface area contributed by atoms with Gasteiger partial charge in [0.25, 0.3) is 11.8 Å². The van der Waals surface area contributed by atoms with Crippen molar-refractivity contribution in [3.63, 3.8) is 0 Å². The molecule has 0 N–H and O–H groups in total. The van der Waals surface area contributed by atoms with Crippen molar-refractivity contribution in [2.24, 2.45) is 0 Å². The summed E-state index contributed by atoms with van der Waals surface area (Å²) in [5.41, 5.74) is 1.78. The third-order valence-electron chi connectivity index (χ3n) is 4.92. The second kappa shape index (κ2) is 8.94. The molecule has 0 bridgehead atoms. The maximum atomic E-state index is 12.7. The molecule has 0 radical (unpaired) electrons. The molecule has 0 unspecified atom stereocenters. The second-order valence-electron chi connectivity index (χ2n) is 6.61. The van der Waals surface area contributed by atoms with E-state index in [-0.39, 0.29) is 36.7 Å². The zero-order chi connectivity index (χ0) is 19.3. The van der Waals surface area contributed by atoms with Gasteiger partial charge < -0.3 is 9.64 Å². The molecule has 0 saturated carbocycles. The van der Waals surface area contributed by atoms with E-state index in [1.54, 1.807) is 19.2 Å². The molecule has 1 aliphatic rings. The Hall–Kier alpha value is -2.21. The highest BCUT2D eigenvalue weighted by molar-refractivity contribution is 6.21. The van der Waals surface area contributed by atoms with Crippen molar-refractivity contribution in [3.05, 3.63) is 34.9 Å². The molecule has 0 spiro atoms. The van der Waals surface area contributed by atoms with Gasteiger partial charge in [-0.3, -0.25) is 19.3 Å². The summed E-state index contributed by atoms with van der Waals surface area (Å²) in [7, 11) is 1.61. The van der Waals surface area contributed by atoms with Crippen LogP contribution in [0.3, 0.4) is 0 Å². The van der Waals surface area contributed by atoms with E-state index in [1.807, 2.05) is 31.7 Å². The van der Waals surface area contributed by atoms with Gasteiger partial charge in [0.15, 0.2) is 0 Å². The Balaban J connectivity index is 2.06. The minimum absolute atomic E-state index is 0.0523. The van der Waals surface area contributed by atoms with E-state index < -0.39 is 0 Å². The Morgan fingerprint density at radius 2 is 1.81 bits per heavy atom. The molecule has 1 aromatic carbocycles. The Bertz CT molecular complexity index is 682. The number of rotatable bonds is 9. The molecule has 3 amide bonds. The summed E-state index contributed by atoms with van der Waals surface area (Å²) < 4.78 is 5.11. The average molecular weight is 360 g/mol. The zero-order valence-corrected chi connectivity index (χ0v) is 16.1. The normalized spacial score (nSPS) is 13.5. The van der Waals surface area contributed by atoms with E-state index in [9.17, 15) is 14.4 Å². The van der Waals surface area contributed by atoms with E-state index in [0.717, 1.165) is 18.4 Å². The fourth-order valence-corrected chi connectivity index (χ4v) is 3.39. The molecule has 0 atom stereocenters. The SMILES string of the molecule is CCC(CC)N(CCOC)C(=O)CCN1C(=O)c2ccc(C)cc2C1=O. The van der Waals surface area contributed by atoms with Crippen LogP contribution in [0.2, 0.25) is 0 Å². The van der Waals surface area contributed by atoms with Crippen molar-refractivity contribution in [2.45, 2.75) is 46.1 Å². The van der Waals surface area contributed by atoms with Gasteiger partial charge in [0.2, 0.25) is 5.91 Å². The number of hydrogen-bond acceptors (Lipinski definition) is 4. The van der Waals surface area contributed by atoms with Crippen molar-refractivity contribution >= 4 is 17.7 Å². The monoisotopic (exact) mass is 360 g/mol. The smallest absolute Gasteiger partial charge is 0.261 e. The quantitative estimate of drug-likeness (QED) is 0.635. The maximum Gasteiger partial charge on any atom is 0.261 e. The third-order valence-corrected chi connectivity index (χ3v) is 4.92. The zero-order valence-electron chi connectivity index (χ0n) is 16.1. The molecule has 2 rings (SSSR count). The highest BCUT2D eigenvalue weighted by atomic mass is 16.5. The largest absolute Gasteiger partial charge is 0.383 e. The first-order valence-electron chi connectivity index (χ1n) is 9.19. The first-order valence-corrected chi connectivity index (χ1v) is 9.19. The summed E-state index contributed by atoms with van der Waals surface area (Å²) in [5, 5.41) is 0. The molecule has 26 heavy (non-hydrogen) atoms. The van der Waals surface area contributed by atoms with Gasteiger partial charge in [-0.15, -0.1) is 0 Å². The molecule has 1 aromatic rings. The van der Waals surface area contributed by atoms with E-state index in [4.69, 9.17) is 4.74 Å². The summed E-state index contributed by atoms with van der Waals surface area (Å²) in [5.74, 6) is -0.681.